The number of halogens is 3. The van der Waals surface area contributed by atoms with Crippen molar-refractivity contribution in [1.82, 2.24) is 19.7 Å². The number of H-pyrrole nitrogens is 1. The molecule has 20 heavy (non-hydrogen) atoms. The molecule has 1 N–H and O–H groups in total. The molecule has 0 aliphatic heterocycles. The molecule has 102 valence electrons. The third-order valence-corrected chi connectivity index (χ3v) is 3.03. The fourth-order valence-corrected chi connectivity index (χ4v) is 2.07. The van der Waals surface area contributed by atoms with Crippen LogP contribution in [0.2, 0.25) is 0 Å². The monoisotopic (exact) mass is 296 g/mol. The Balaban J connectivity index is 2.31. The zero-order valence-corrected chi connectivity index (χ0v) is 10.7. The van der Waals surface area contributed by atoms with Gasteiger partial charge in [-0.1, -0.05) is 30.4 Å². The largest absolute Gasteiger partial charge is 0.449 e. The average molecular weight is 296 g/mol. The first kappa shape index (κ1) is 12.8. The van der Waals surface area contributed by atoms with Gasteiger partial charge in [0.2, 0.25) is 5.82 Å². The van der Waals surface area contributed by atoms with Gasteiger partial charge in [-0.3, -0.25) is 0 Å². The van der Waals surface area contributed by atoms with Crippen molar-refractivity contribution in [1.29, 1.82) is 0 Å². The Hall–Kier alpha value is -2.22. The van der Waals surface area contributed by atoms with E-state index in [1.54, 1.807) is 30.3 Å². The Bertz CT molecular complexity index is 820. The maximum atomic E-state index is 12.8. The number of para-hydroxylation sites is 1. The molecule has 3 aromatic rings. The third kappa shape index (κ3) is 2.07. The van der Waals surface area contributed by atoms with Gasteiger partial charge in [0.1, 0.15) is 10.3 Å². The summed E-state index contributed by atoms with van der Waals surface area (Å²) in [5.74, 6) is -1.13. The van der Waals surface area contributed by atoms with Gasteiger partial charge in [0.15, 0.2) is 0 Å². The maximum absolute atomic E-state index is 12.8. The second-order valence-electron chi connectivity index (χ2n) is 4.04. The van der Waals surface area contributed by atoms with Gasteiger partial charge in [0.25, 0.3) is 0 Å². The lowest BCUT2D eigenvalue weighted by Gasteiger charge is -2.07. The summed E-state index contributed by atoms with van der Waals surface area (Å²) in [4.78, 5) is 5.61. The van der Waals surface area contributed by atoms with E-state index in [9.17, 15) is 13.2 Å². The molecule has 0 unspecified atom stereocenters. The highest BCUT2D eigenvalue weighted by Crippen LogP contribution is 2.28. The molecule has 0 radical (unpaired) electrons. The Kier molecular flexibility index (Phi) is 2.82. The van der Waals surface area contributed by atoms with E-state index in [4.69, 9.17) is 12.2 Å². The highest BCUT2D eigenvalue weighted by molar-refractivity contribution is 7.71. The second kappa shape index (κ2) is 4.41. The van der Waals surface area contributed by atoms with Gasteiger partial charge >= 0.3 is 6.18 Å². The van der Waals surface area contributed by atoms with Crippen molar-refractivity contribution < 1.29 is 13.2 Å². The van der Waals surface area contributed by atoms with Crippen molar-refractivity contribution in [3.05, 3.63) is 47.0 Å². The van der Waals surface area contributed by atoms with Gasteiger partial charge in [-0.2, -0.15) is 18.3 Å². The van der Waals surface area contributed by atoms with Crippen molar-refractivity contribution in [3.8, 4) is 5.69 Å². The molecule has 0 aliphatic rings. The minimum absolute atomic E-state index is 0.131. The number of nitrogens with zero attached hydrogens (tertiary/aromatic N) is 3. The standard InChI is InChI=1S/C12H7F3N4S/c13-12(14,15)11-17-9-8(10(20)18-11)6-16-19(9)7-4-2-1-3-5-7/h1-6H,(H,17,18,20). The minimum Gasteiger partial charge on any atom is -0.320 e. The molecule has 1 aromatic carbocycles. The Labute approximate surface area is 115 Å². The average Bonchev–Trinajstić information content (AvgIpc) is 2.83. The summed E-state index contributed by atoms with van der Waals surface area (Å²) in [5.41, 5.74) is 0.802. The van der Waals surface area contributed by atoms with Crippen LogP contribution in [-0.4, -0.2) is 19.7 Å². The first-order valence-corrected chi connectivity index (χ1v) is 5.98. The molecule has 0 bridgehead atoms. The Morgan fingerprint density at radius 1 is 1.15 bits per heavy atom. The lowest BCUT2D eigenvalue weighted by atomic mass is 10.3. The van der Waals surface area contributed by atoms with Crippen LogP contribution in [-0.2, 0) is 6.18 Å². The molecule has 0 aliphatic carbocycles. The quantitative estimate of drug-likeness (QED) is 0.699. The van der Waals surface area contributed by atoms with Crippen LogP contribution in [0.3, 0.4) is 0 Å². The molecule has 2 heterocycles. The summed E-state index contributed by atoms with van der Waals surface area (Å²) in [6.07, 6.45) is -3.19. The van der Waals surface area contributed by atoms with Crippen molar-refractivity contribution in [2.45, 2.75) is 6.18 Å². The van der Waals surface area contributed by atoms with Crippen LogP contribution in [0.15, 0.2) is 36.5 Å². The van der Waals surface area contributed by atoms with E-state index in [0.717, 1.165) is 0 Å². The molecule has 2 aromatic heterocycles. The van der Waals surface area contributed by atoms with Gasteiger partial charge in [-0.15, -0.1) is 0 Å². The van der Waals surface area contributed by atoms with Crippen LogP contribution < -0.4 is 0 Å². The summed E-state index contributed by atoms with van der Waals surface area (Å²) < 4.78 is 39.5. The topological polar surface area (TPSA) is 46.5 Å². The summed E-state index contributed by atoms with van der Waals surface area (Å²) in [5, 5.41) is 4.43. The van der Waals surface area contributed by atoms with Crippen molar-refractivity contribution in [2.75, 3.05) is 0 Å². The lowest BCUT2D eigenvalue weighted by Crippen LogP contribution is -2.12. The van der Waals surface area contributed by atoms with Gasteiger partial charge in [-0.05, 0) is 12.1 Å². The molecule has 3 rings (SSSR count). The number of nitrogens with one attached hydrogen (secondary N) is 1. The van der Waals surface area contributed by atoms with Gasteiger partial charge in [0, 0.05) is 0 Å². The molecule has 8 heteroatoms. The highest BCUT2D eigenvalue weighted by atomic mass is 32.1. The molecule has 0 saturated carbocycles. The van der Waals surface area contributed by atoms with Crippen LogP contribution in [0.5, 0.6) is 0 Å². The van der Waals surface area contributed by atoms with E-state index in [-0.39, 0.29) is 10.3 Å². The van der Waals surface area contributed by atoms with E-state index in [0.29, 0.717) is 11.1 Å². The van der Waals surface area contributed by atoms with Gasteiger partial charge in [0.05, 0.1) is 17.3 Å². The predicted octanol–water partition coefficient (Wildman–Crippen LogP) is 3.50. The van der Waals surface area contributed by atoms with Crippen molar-refractivity contribution in [2.24, 2.45) is 0 Å². The molecule has 4 nitrogen and oxygen atoms in total. The fourth-order valence-electron chi connectivity index (χ4n) is 1.83. The molecular weight excluding hydrogens is 289 g/mol. The second-order valence-corrected chi connectivity index (χ2v) is 4.43. The van der Waals surface area contributed by atoms with Gasteiger partial charge < -0.3 is 4.98 Å². The van der Waals surface area contributed by atoms with E-state index in [1.807, 2.05) is 0 Å². The molecule has 0 fully saturated rings. The summed E-state index contributed by atoms with van der Waals surface area (Å²) in [6, 6.07) is 8.81. The van der Waals surface area contributed by atoms with E-state index < -0.39 is 12.0 Å². The number of fused-ring (bicyclic) bond motifs is 1. The number of hydrogen-bond donors (Lipinski definition) is 1. The Morgan fingerprint density at radius 2 is 1.85 bits per heavy atom. The summed E-state index contributed by atoms with van der Waals surface area (Å²) in [7, 11) is 0. The van der Waals surface area contributed by atoms with Crippen molar-refractivity contribution >= 4 is 23.3 Å². The first-order valence-electron chi connectivity index (χ1n) is 5.57. The van der Waals surface area contributed by atoms with Crippen LogP contribution >= 0.6 is 12.2 Å². The zero-order valence-electron chi connectivity index (χ0n) is 9.85. The zero-order chi connectivity index (χ0) is 14.3. The molecular formula is C12H7F3N4S. The number of benzene rings is 1. The highest BCUT2D eigenvalue weighted by Gasteiger charge is 2.34. The van der Waals surface area contributed by atoms with Crippen LogP contribution in [0, 0.1) is 4.64 Å². The third-order valence-electron chi connectivity index (χ3n) is 2.72. The summed E-state index contributed by atoms with van der Waals surface area (Å²) >= 11 is 4.89. The minimum atomic E-state index is -4.59. The normalized spacial score (nSPS) is 11.9. The van der Waals surface area contributed by atoms with Crippen molar-refractivity contribution in [3.63, 3.8) is 0 Å². The number of aromatic amines is 1. The maximum Gasteiger partial charge on any atom is 0.449 e. The Morgan fingerprint density at radius 3 is 2.50 bits per heavy atom. The smallest absolute Gasteiger partial charge is 0.320 e. The summed E-state index contributed by atoms with van der Waals surface area (Å²) in [6.45, 7) is 0. The van der Waals surface area contributed by atoms with E-state index in [1.165, 1.54) is 10.9 Å². The van der Waals surface area contributed by atoms with Crippen LogP contribution in [0.4, 0.5) is 13.2 Å². The van der Waals surface area contributed by atoms with E-state index in [2.05, 4.69) is 15.1 Å². The molecule has 0 saturated heterocycles. The van der Waals surface area contributed by atoms with Crippen LogP contribution in [0.25, 0.3) is 16.7 Å². The first-order chi connectivity index (χ1) is 9.47. The molecule has 0 atom stereocenters. The molecule has 0 amide bonds. The number of alkyl halides is 3. The van der Waals surface area contributed by atoms with Gasteiger partial charge in [-0.25, -0.2) is 9.67 Å². The number of aromatic nitrogens is 4. The SMILES string of the molecule is FC(F)(F)c1nc(=S)c2cnn(-c3ccccc3)c2[nH]1. The number of rotatable bonds is 1. The van der Waals surface area contributed by atoms with Crippen LogP contribution in [0.1, 0.15) is 5.82 Å². The predicted molar refractivity (Wildman–Crippen MR) is 69.1 cm³/mol. The van der Waals surface area contributed by atoms with E-state index >= 15 is 0 Å². The fraction of sp³-hybridized carbons (Fsp3) is 0.0833. The molecule has 0 spiro atoms. The lowest BCUT2D eigenvalue weighted by molar-refractivity contribution is -0.144. The number of hydrogen-bond acceptors (Lipinski definition) is 3.